The van der Waals surface area contributed by atoms with Crippen LogP contribution in [0.25, 0.3) is 0 Å². The molecule has 1 heterocycles. The van der Waals surface area contributed by atoms with Crippen LogP contribution < -0.4 is 15.4 Å². The average Bonchev–Trinajstić information content (AvgIpc) is 2.68. The van der Waals surface area contributed by atoms with E-state index in [2.05, 4.69) is 5.32 Å². The molecule has 30 heavy (non-hydrogen) atoms. The van der Waals surface area contributed by atoms with Crippen LogP contribution in [0, 0.1) is 5.92 Å². The van der Waals surface area contributed by atoms with Gasteiger partial charge in [-0.2, -0.15) is 13.2 Å². The number of carbonyl (C=O) groups is 2. The molecule has 0 radical (unpaired) electrons. The smallest absolute Gasteiger partial charge is 0.437 e. The van der Waals surface area contributed by atoms with Crippen molar-refractivity contribution in [3.8, 4) is 11.5 Å². The van der Waals surface area contributed by atoms with Crippen LogP contribution in [0.4, 0.5) is 18.0 Å². The summed E-state index contributed by atoms with van der Waals surface area (Å²) in [5.41, 5.74) is -3.85. The summed E-state index contributed by atoms with van der Waals surface area (Å²) in [6.45, 7) is 1.80. The van der Waals surface area contributed by atoms with Crippen molar-refractivity contribution in [1.29, 1.82) is 0 Å². The summed E-state index contributed by atoms with van der Waals surface area (Å²) in [5.74, 6) is -3.49. The minimum absolute atomic E-state index is 0.0377. The Kier molecular flexibility index (Phi) is 5.62. The molecule has 1 saturated heterocycles. The number of ketones is 1. The van der Waals surface area contributed by atoms with E-state index in [4.69, 9.17) is 4.74 Å². The van der Waals surface area contributed by atoms with Crippen molar-refractivity contribution in [2.24, 2.45) is 5.92 Å². The van der Waals surface area contributed by atoms with E-state index in [1.165, 1.54) is 47.8 Å². The molecule has 0 bridgehead atoms. The zero-order valence-corrected chi connectivity index (χ0v) is 15.7. The summed E-state index contributed by atoms with van der Waals surface area (Å²) in [7, 11) is 0. The lowest BCUT2D eigenvalue weighted by Crippen LogP contribution is -2.72. The zero-order valence-electron chi connectivity index (χ0n) is 15.7. The number of Topliss-reactive ketones (excluding diaryl/α,β-unsaturated/α-hetero) is 1. The number of phenolic OH excluding ortho intramolecular Hbond substituents is 1. The first-order chi connectivity index (χ1) is 14.1. The monoisotopic (exact) mass is 424 g/mol. The molecule has 160 valence electrons. The molecular formula is C20H19F3N2O5. The number of hydrogen-bond acceptors (Lipinski definition) is 5. The maximum absolute atomic E-state index is 13.9. The predicted octanol–water partition coefficient (Wildman–Crippen LogP) is 2.89. The van der Waals surface area contributed by atoms with Gasteiger partial charge in [-0.05, 0) is 24.6 Å². The maximum Gasteiger partial charge on any atom is 0.437 e. The molecule has 1 aliphatic rings. The van der Waals surface area contributed by atoms with E-state index in [0.717, 1.165) is 0 Å². The molecule has 3 rings (SSSR count). The topological polar surface area (TPSA) is 108 Å². The standard InChI is InChI=1S/C20H19F3N2O5/c1-2-30-14-10-12(8-9-13(14)26)16-15(17(27)11-6-4-3-5-7-11)19(29,20(21,22)23)25-18(28)24-16/h3-10,15-16,26,29H,2H2,1H3,(H2,24,25,28)/t15-,16+,19-/m1/s1. The predicted molar refractivity (Wildman–Crippen MR) is 99.0 cm³/mol. The van der Waals surface area contributed by atoms with Crippen molar-refractivity contribution in [2.75, 3.05) is 6.61 Å². The Morgan fingerprint density at radius 2 is 1.87 bits per heavy atom. The number of urea groups is 1. The van der Waals surface area contributed by atoms with E-state index in [9.17, 15) is 33.0 Å². The van der Waals surface area contributed by atoms with Gasteiger partial charge >= 0.3 is 12.2 Å². The Morgan fingerprint density at radius 3 is 2.47 bits per heavy atom. The van der Waals surface area contributed by atoms with Gasteiger partial charge in [-0.1, -0.05) is 36.4 Å². The number of benzene rings is 2. The van der Waals surface area contributed by atoms with Crippen molar-refractivity contribution in [3.05, 3.63) is 59.7 Å². The van der Waals surface area contributed by atoms with Crippen LogP contribution in [-0.2, 0) is 0 Å². The highest BCUT2D eigenvalue weighted by atomic mass is 19.4. The van der Waals surface area contributed by atoms with Crippen molar-refractivity contribution >= 4 is 11.8 Å². The van der Waals surface area contributed by atoms with Gasteiger partial charge in [0.1, 0.15) is 5.92 Å². The largest absolute Gasteiger partial charge is 0.504 e. The second-order valence-corrected chi connectivity index (χ2v) is 6.71. The number of alkyl halides is 3. The van der Waals surface area contributed by atoms with Crippen LogP contribution in [-0.4, -0.2) is 40.5 Å². The van der Waals surface area contributed by atoms with Gasteiger partial charge in [0.15, 0.2) is 17.3 Å². The van der Waals surface area contributed by atoms with Crippen LogP contribution in [0.2, 0.25) is 0 Å². The van der Waals surface area contributed by atoms with Gasteiger partial charge in [0, 0.05) is 5.56 Å². The number of aromatic hydroxyl groups is 1. The number of phenols is 1. The van der Waals surface area contributed by atoms with Gasteiger partial charge in [-0.3, -0.25) is 4.79 Å². The third-order valence-corrected chi connectivity index (χ3v) is 4.79. The Bertz CT molecular complexity index is 951. The molecule has 2 aromatic rings. The van der Waals surface area contributed by atoms with Crippen molar-refractivity contribution in [2.45, 2.75) is 24.9 Å². The molecule has 0 aromatic heterocycles. The maximum atomic E-state index is 13.9. The van der Waals surface area contributed by atoms with E-state index in [1.54, 1.807) is 13.0 Å². The summed E-state index contributed by atoms with van der Waals surface area (Å²) >= 11 is 0. The highest BCUT2D eigenvalue weighted by Crippen LogP contribution is 2.45. The van der Waals surface area contributed by atoms with E-state index < -0.39 is 35.7 Å². The molecule has 3 atom stereocenters. The number of nitrogens with one attached hydrogen (secondary N) is 2. The second kappa shape index (κ2) is 7.86. The Labute approximate surface area is 169 Å². The lowest BCUT2D eigenvalue weighted by Gasteiger charge is -2.45. The molecule has 0 unspecified atom stereocenters. The quantitative estimate of drug-likeness (QED) is 0.552. The number of carbonyl (C=O) groups excluding carboxylic acids is 2. The number of aliphatic hydroxyl groups is 1. The first kappa shape index (κ1) is 21.4. The summed E-state index contributed by atoms with van der Waals surface area (Å²) in [6.07, 6.45) is -5.35. The third kappa shape index (κ3) is 3.78. The fourth-order valence-electron chi connectivity index (χ4n) is 3.39. The van der Waals surface area contributed by atoms with Crippen LogP contribution in [0.1, 0.15) is 28.9 Å². The molecule has 7 nitrogen and oxygen atoms in total. The lowest BCUT2D eigenvalue weighted by atomic mass is 9.77. The average molecular weight is 424 g/mol. The van der Waals surface area contributed by atoms with E-state index in [0.29, 0.717) is 0 Å². The molecule has 4 N–H and O–H groups in total. The molecule has 0 spiro atoms. The molecule has 0 aliphatic carbocycles. The van der Waals surface area contributed by atoms with Gasteiger partial charge in [-0.25, -0.2) is 4.79 Å². The molecule has 10 heteroatoms. The molecular weight excluding hydrogens is 405 g/mol. The van der Waals surface area contributed by atoms with Crippen molar-refractivity contribution < 1.29 is 37.7 Å². The van der Waals surface area contributed by atoms with Crippen LogP contribution in [0.15, 0.2) is 48.5 Å². The van der Waals surface area contributed by atoms with Crippen LogP contribution >= 0.6 is 0 Å². The summed E-state index contributed by atoms with van der Waals surface area (Å²) in [6, 6.07) is 7.93. The summed E-state index contributed by atoms with van der Waals surface area (Å²) < 4.78 is 46.9. The van der Waals surface area contributed by atoms with Crippen LogP contribution in [0.3, 0.4) is 0 Å². The number of hydrogen-bond donors (Lipinski definition) is 4. The number of amides is 2. The fourth-order valence-corrected chi connectivity index (χ4v) is 3.39. The Hall–Kier alpha value is -3.27. The molecule has 2 aromatic carbocycles. The molecule has 1 aliphatic heterocycles. The van der Waals surface area contributed by atoms with Gasteiger partial charge < -0.3 is 25.6 Å². The van der Waals surface area contributed by atoms with Crippen LogP contribution in [0.5, 0.6) is 11.5 Å². The number of halogens is 3. The number of ether oxygens (including phenoxy) is 1. The van der Waals surface area contributed by atoms with E-state index >= 15 is 0 Å². The SMILES string of the molecule is CCOc1cc([C@@H]2NC(=O)N[C@](O)(C(F)(F)F)[C@H]2C(=O)c2ccccc2)ccc1O. The van der Waals surface area contributed by atoms with Gasteiger partial charge in [0.2, 0.25) is 5.72 Å². The van der Waals surface area contributed by atoms with Gasteiger partial charge in [-0.15, -0.1) is 0 Å². The fraction of sp³-hybridized carbons (Fsp3) is 0.300. The zero-order chi connectivity index (χ0) is 22.1. The van der Waals surface area contributed by atoms with E-state index in [-0.39, 0.29) is 29.2 Å². The summed E-state index contributed by atoms with van der Waals surface area (Å²) in [4.78, 5) is 25.1. The normalized spacial score (nSPS) is 24.0. The molecule has 0 saturated carbocycles. The molecule has 1 fully saturated rings. The van der Waals surface area contributed by atoms with Crippen molar-refractivity contribution in [1.82, 2.24) is 10.6 Å². The highest BCUT2D eigenvalue weighted by molar-refractivity contribution is 6.00. The highest BCUT2D eigenvalue weighted by Gasteiger charge is 2.66. The van der Waals surface area contributed by atoms with Gasteiger partial charge in [0.25, 0.3) is 0 Å². The van der Waals surface area contributed by atoms with E-state index in [1.807, 2.05) is 0 Å². The molecule has 2 amide bonds. The van der Waals surface area contributed by atoms with Gasteiger partial charge in [0.05, 0.1) is 12.6 Å². The number of rotatable bonds is 5. The first-order valence-corrected chi connectivity index (χ1v) is 9.01. The minimum atomic E-state index is -5.35. The van der Waals surface area contributed by atoms with Crippen molar-refractivity contribution in [3.63, 3.8) is 0 Å². The Morgan fingerprint density at radius 1 is 1.20 bits per heavy atom. The summed E-state index contributed by atoms with van der Waals surface area (Å²) in [5, 5.41) is 24.2. The lowest BCUT2D eigenvalue weighted by molar-refractivity contribution is -0.287. The minimum Gasteiger partial charge on any atom is -0.504 e. The third-order valence-electron chi connectivity index (χ3n) is 4.79. The first-order valence-electron chi connectivity index (χ1n) is 9.01. The Balaban J connectivity index is 2.17. The second-order valence-electron chi connectivity index (χ2n) is 6.71.